The number of nitrogens with zero attached hydrogens (tertiary/aromatic N) is 3. The summed E-state index contributed by atoms with van der Waals surface area (Å²) in [6, 6.07) is 0.517. The van der Waals surface area contributed by atoms with Crippen LogP contribution in [0.25, 0.3) is 0 Å². The molecule has 2 aromatic rings. The topological polar surface area (TPSA) is 86.5 Å². The molecule has 28 heavy (non-hydrogen) atoms. The van der Waals surface area contributed by atoms with E-state index < -0.39 is 41.0 Å². The van der Waals surface area contributed by atoms with E-state index in [-0.39, 0.29) is 17.1 Å². The highest BCUT2D eigenvalue weighted by Gasteiger charge is 2.37. The third-order valence-electron chi connectivity index (χ3n) is 3.58. The second-order valence-corrected chi connectivity index (χ2v) is 7.46. The fourth-order valence-corrected chi connectivity index (χ4v) is 2.34. The van der Waals surface area contributed by atoms with Gasteiger partial charge < -0.3 is 14.6 Å². The molecule has 0 aliphatic heterocycles. The number of carbonyl (C=O) groups excluding carboxylic acids is 1. The van der Waals surface area contributed by atoms with Gasteiger partial charge in [-0.05, 0) is 47.6 Å². The van der Waals surface area contributed by atoms with Crippen LogP contribution in [0, 0.1) is 6.92 Å². The molecule has 0 aliphatic carbocycles. The van der Waals surface area contributed by atoms with E-state index in [1.165, 1.54) is 11.6 Å². The summed E-state index contributed by atoms with van der Waals surface area (Å²) in [6.07, 6.45) is -4.36. The third-order valence-corrected chi connectivity index (χ3v) is 3.58. The molecule has 0 aliphatic rings. The SMILES string of the molecule is Cc1c(C(=O)OC(C)C)nn(C(C)(C)C)c1Oc1ncc(O)cc1C(F)(F)F. The summed E-state index contributed by atoms with van der Waals surface area (Å²) in [5.41, 5.74) is -1.82. The molecule has 0 unspecified atom stereocenters. The van der Waals surface area contributed by atoms with Gasteiger partial charge >= 0.3 is 12.1 Å². The summed E-state index contributed by atoms with van der Waals surface area (Å²) in [7, 11) is 0. The molecule has 0 fully saturated rings. The van der Waals surface area contributed by atoms with Crippen LogP contribution in [0.3, 0.4) is 0 Å². The Balaban J connectivity index is 2.60. The number of ether oxygens (including phenoxy) is 2. The zero-order valence-corrected chi connectivity index (χ0v) is 16.4. The predicted molar refractivity (Wildman–Crippen MR) is 93.5 cm³/mol. The summed E-state index contributed by atoms with van der Waals surface area (Å²) in [6.45, 7) is 10.1. The second kappa shape index (κ2) is 7.33. The molecule has 0 radical (unpaired) electrons. The van der Waals surface area contributed by atoms with Crippen LogP contribution in [0.2, 0.25) is 0 Å². The fourth-order valence-electron chi connectivity index (χ4n) is 2.34. The molecular weight excluding hydrogens is 379 g/mol. The van der Waals surface area contributed by atoms with Crippen molar-refractivity contribution in [2.45, 2.75) is 59.4 Å². The monoisotopic (exact) mass is 401 g/mol. The van der Waals surface area contributed by atoms with Gasteiger partial charge in [-0.3, -0.25) is 0 Å². The number of alkyl halides is 3. The lowest BCUT2D eigenvalue weighted by Crippen LogP contribution is -2.24. The molecule has 0 bridgehead atoms. The van der Waals surface area contributed by atoms with Gasteiger partial charge in [0.15, 0.2) is 5.69 Å². The number of pyridine rings is 1. The van der Waals surface area contributed by atoms with E-state index >= 15 is 0 Å². The van der Waals surface area contributed by atoms with E-state index in [1.807, 2.05) is 0 Å². The minimum atomic E-state index is -4.80. The summed E-state index contributed by atoms with van der Waals surface area (Å²) < 4.78 is 51.9. The Morgan fingerprint density at radius 3 is 2.36 bits per heavy atom. The standard InChI is InChI=1S/C18H22F3N3O4/c1-9(2)27-16(26)13-10(3)15(24(23-13)17(4,5)6)28-14-12(18(19,20)21)7-11(25)8-22-14/h7-9,25H,1-6H3. The first-order chi connectivity index (χ1) is 12.7. The molecule has 7 nitrogen and oxygen atoms in total. The Bertz CT molecular complexity index is 883. The first kappa shape index (κ1) is 21.5. The maximum atomic E-state index is 13.3. The Labute approximate surface area is 160 Å². The van der Waals surface area contributed by atoms with Crippen LogP contribution in [0.1, 0.15) is 56.2 Å². The highest BCUT2D eigenvalue weighted by molar-refractivity contribution is 5.89. The molecule has 0 atom stereocenters. The molecule has 2 aromatic heterocycles. The van der Waals surface area contributed by atoms with Crippen molar-refractivity contribution in [3.63, 3.8) is 0 Å². The molecule has 0 saturated heterocycles. The predicted octanol–water partition coefficient (Wildman–Crippen LogP) is 4.42. The lowest BCUT2D eigenvalue weighted by Gasteiger charge is -2.22. The van der Waals surface area contributed by atoms with Gasteiger partial charge in [0.1, 0.15) is 11.3 Å². The first-order valence-electron chi connectivity index (χ1n) is 8.47. The van der Waals surface area contributed by atoms with Crippen LogP contribution in [0.4, 0.5) is 13.2 Å². The number of esters is 1. The van der Waals surface area contributed by atoms with E-state index in [4.69, 9.17) is 9.47 Å². The lowest BCUT2D eigenvalue weighted by atomic mass is 10.1. The Hall–Kier alpha value is -2.78. The van der Waals surface area contributed by atoms with Gasteiger partial charge in [0.05, 0.1) is 17.8 Å². The average Bonchev–Trinajstić information content (AvgIpc) is 2.84. The average molecular weight is 401 g/mol. The number of aromatic nitrogens is 3. The van der Waals surface area contributed by atoms with Crippen molar-refractivity contribution in [2.24, 2.45) is 0 Å². The molecule has 1 N–H and O–H groups in total. The molecule has 0 amide bonds. The van der Waals surface area contributed by atoms with E-state index in [1.54, 1.807) is 34.6 Å². The molecule has 154 valence electrons. The van der Waals surface area contributed by atoms with Crippen molar-refractivity contribution >= 4 is 5.97 Å². The fraction of sp³-hybridized carbons (Fsp3) is 0.500. The van der Waals surface area contributed by atoms with E-state index in [0.29, 0.717) is 6.07 Å². The van der Waals surface area contributed by atoms with Gasteiger partial charge in [-0.25, -0.2) is 14.5 Å². The Morgan fingerprint density at radius 1 is 1.25 bits per heavy atom. The van der Waals surface area contributed by atoms with Gasteiger partial charge in [0.25, 0.3) is 0 Å². The molecule has 2 rings (SSSR count). The minimum Gasteiger partial charge on any atom is -0.506 e. The number of rotatable bonds is 4. The molecule has 0 spiro atoms. The minimum absolute atomic E-state index is 0.0639. The number of hydrogen-bond donors (Lipinski definition) is 1. The number of hydrogen-bond acceptors (Lipinski definition) is 6. The van der Waals surface area contributed by atoms with Crippen molar-refractivity contribution in [3.8, 4) is 17.5 Å². The van der Waals surface area contributed by atoms with E-state index in [2.05, 4.69) is 10.1 Å². The van der Waals surface area contributed by atoms with Crippen molar-refractivity contribution in [2.75, 3.05) is 0 Å². The van der Waals surface area contributed by atoms with Crippen LogP contribution >= 0.6 is 0 Å². The number of halogens is 3. The highest BCUT2D eigenvalue weighted by atomic mass is 19.4. The lowest BCUT2D eigenvalue weighted by molar-refractivity contribution is -0.139. The quantitative estimate of drug-likeness (QED) is 0.763. The van der Waals surface area contributed by atoms with Crippen molar-refractivity contribution in [1.29, 1.82) is 0 Å². The van der Waals surface area contributed by atoms with Crippen LogP contribution in [-0.2, 0) is 16.5 Å². The molecular formula is C18H22F3N3O4. The number of carbonyl (C=O) groups is 1. The van der Waals surface area contributed by atoms with Crippen LogP contribution in [-0.4, -0.2) is 31.9 Å². The molecule has 0 aromatic carbocycles. The second-order valence-electron chi connectivity index (χ2n) is 7.46. The number of aromatic hydroxyl groups is 1. The van der Waals surface area contributed by atoms with Gasteiger partial charge in [-0.1, -0.05) is 0 Å². The summed E-state index contributed by atoms with van der Waals surface area (Å²) in [5.74, 6) is -2.20. The third kappa shape index (κ3) is 4.55. The van der Waals surface area contributed by atoms with Gasteiger partial charge in [-0.15, -0.1) is 0 Å². The normalized spacial score (nSPS) is 12.4. The molecule has 0 saturated carbocycles. The van der Waals surface area contributed by atoms with Crippen LogP contribution in [0.5, 0.6) is 17.5 Å². The zero-order chi connectivity index (χ0) is 21.4. The maximum absolute atomic E-state index is 13.3. The highest BCUT2D eigenvalue weighted by Crippen LogP contribution is 2.40. The van der Waals surface area contributed by atoms with Crippen LogP contribution in [0.15, 0.2) is 12.3 Å². The Morgan fingerprint density at radius 2 is 1.86 bits per heavy atom. The zero-order valence-electron chi connectivity index (χ0n) is 16.4. The van der Waals surface area contributed by atoms with Crippen molar-refractivity contribution in [1.82, 2.24) is 14.8 Å². The van der Waals surface area contributed by atoms with Gasteiger partial charge in [-0.2, -0.15) is 18.3 Å². The maximum Gasteiger partial charge on any atom is 0.421 e. The smallest absolute Gasteiger partial charge is 0.421 e. The molecule has 10 heteroatoms. The summed E-state index contributed by atoms with van der Waals surface area (Å²) in [5, 5.41) is 13.6. The van der Waals surface area contributed by atoms with Gasteiger partial charge in [0.2, 0.25) is 11.8 Å². The van der Waals surface area contributed by atoms with Crippen molar-refractivity contribution in [3.05, 3.63) is 29.1 Å². The summed E-state index contributed by atoms with van der Waals surface area (Å²) in [4.78, 5) is 15.9. The largest absolute Gasteiger partial charge is 0.506 e. The van der Waals surface area contributed by atoms with E-state index in [0.717, 1.165) is 6.20 Å². The Kier molecular flexibility index (Phi) is 5.63. The van der Waals surface area contributed by atoms with Crippen LogP contribution < -0.4 is 4.74 Å². The summed E-state index contributed by atoms with van der Waals surface area (Å²) >= 11 is 0. The van der Waals surface area contributed by atoms with E-state index in [9.17, 15) is 23.1 Å². The van der Waals surface area contributed by atoms with Gasteiger partial charge in [0, 0.05) is 5.56 Å². The van der Waals surface area contributed by atoms with Crippen molar-refractivity contribution < 1.29 is 32.5 Å². The molecule has 2 heterocycles. The first-order valence-corrected chi connectivity index (χ1v) is 8.47.